The molecule has 18 heavy (non-hydrogen) atoms. The molecule has 4 nitrogen and oxygen atoms in total. The minimum Gasteiger partial charge on any atom is -0.444 e. The van der Waals surface area contributed by atoms with Gasteiger partial charge in [0.15, 0.2) is 0 Å². The van der Waals surface area contributed by atoms with Crippen molar-refractivity contribution < 1.29 is 14.6 Å². The molecule has 0 saturated carbocycles. The molecular weight excluding hydrogens is 230 g/mol. The van der Waals surface area contributed by atoms with Crippen molar-refractivity contribution in [2.45, 2.75) is 44.8 Å². The van der Waals surface area contributed by atoms with Gasteiger partial charge in [0.1, 0.15) is 5.60 Å². The van der Waals surface area contributed by atoms with Crippen molar-refractivity contribution in [2.24, 2.45) is 0 Å². The number of carbonyl (C=O) groups excluding carboxylic acids is 1. The standard InChI is InChI=1S/C14H23NO3/c1-6-8-14(10-16)11(2)7-9-15(14)12(17)18-13(3,4)5/h6,16H,1-2,7-10H2,3-5H3. The summed E-state index contributed by atoms with van der Waals surface area (Å²) in [5, 5.41) is 9.68. The summed E-state index contributed by atoms with van der Waals surface area (Å²) >= 11 is 0. The number of amides is 1. The Bertz CT molecular complexity index is 357. The van der Waals surface area contributed by atoms with Gasteiger partial charge < -0.3 is 9.84 Å². The molecule has 0 aromatic heterocycles. The quantitative estimate of drug-likeness (QED) is 0.786. The van der Waals surface area contributed by atoms with Crippen LogP contribution in [0.3, 0.4) is 0 Å². The van der Waals surface area contributed by atoms with Crippen LogP contribution in [0, 0.1) is 0 Å². The number of hydrogen-bond donors (Lipinski definition) is 1. The summed E-state index contributed by atoms with van der Waals surface area (Å²) in [6.07, 6.45) is 2.47. The lowest BCUT2D eigenvalue weighted by molar-refractivity contribution is 0.00205. The summed E-state index contributed by atoms with van der Waals surface area (Å²) in [4.78, 5) is 13.7. The highest BCUT2D eigenvalue weighted by Crippen LogP contribution is 2.37. The number of rotatable bonds is 3. The topological polar surface area (TPSA) is 49.8 Å². The van der Waals surface area contributed by atoms with E-state index in [1.807, 2.05) is 20.8 Å². The van der Waals surface area contributed by atoms with Crippen LogP contribution in [0.2, 0.25) is 0 Å². The van der Waals surface area contributed by atoms with Gasteiger partial charge in [0.2, 0.25) is 0 Å². The Balaban J connectivity index is 2.96. The maximum absolute atomic E-state index is 12.2. The highest BCUT2D eigenvalue weighted by Gasteiger charge is 2.46. The molecule has 1 N–H and O–H groups in total. The van der Waals surface area contributed by atoms with E-state index in [2.05, 4.69) is 13.2 Å². The van der Waals surface area contributed by atoms with Crippen LogP contribution in [0.15, 0.2) is 24.8 Å². The van der Waals surface area contributed by atoms with Crippen molar-refractivity contribution in [3.63, 3.8) is 0 Å². The number of nitrogens with zero attached hydrogens (tertiary/aromatic N) is 1. The highest BCUT2D eigenvalue weighted by atomic mass is 16.6. The molecule has 1 aliphatic heterocycles. The summed E-state index contributed by atoms with van der Waals surface area (Å²) in [6, 6.07) is 0. The van der Waals surface area contributed by atoms with Crippen molar-refractivity contribution in [3.05, 3.63) is 24.8 Å². The van der Waals surface area contributed by atoms with Crippen LogP contribution in [0.1, 0.15) is 33.6 Å². The van der Waals surface area contributed by atoms with Gasteiger partial charge in [0.05, 0.1) is 12.1 Å². The van der Waals surface area contributed by atoms with Gasteiger partial charge in [-0.3, -0.25) is 4.90 Å². The fourth-order valence-corrected chi connectivity index (χ4v) is 2.22. The number of aliphatic hydroxyl groups excluding tert-OH is 1. The molecule has 1 fully saturated rings. The van der Waals surface area contributed by atoms with Gasteiger partial charge in [-0.2, -0.15) is 0 Å². The second-order valence-electron chi connectivity index (χ2n) is 5.67. The fourth-order valence-electron chi connectivity index (χ4n) is 2.22. The molecule has 0 spiro atoms. The second-order valence-corrected chi connectivity index (χ2v) is 5.67. The van der Waals surface area contributed by atoms with Gasteiger partial charge in [0.25, 0.3) is 0 Å². The highest BCUT2D eigenvalue weighted by molar-refractivity contribution is 5.71. The molecule has 0 aromatic rings. The van der Waals surface area contributed by atoms with Crippen LogP contribution in [-0.4, -0.2) is 40.4 Å². The average molecular weight is 253 g/mol. The SMILES string of the molecule is C=CCC1(CO)C(=C)CCN1C(=O)OC(C)(C)C. The van der Waals surface area contributed by atoms with Gasteiger partial charge in [-0.15, -0.1) is 6.58 Å². The predicted molar refractivity (Wildman–Crippen MR) is 71.3 cm³/mol. The third kappa shape index (κ3) is 2.75. The van der Waals surface area contributed by atoms with E-state index >= 15 is 0 Å². The third-order valence-corrected chi connectivity index (χ3v) is 3.17. The van der Waals surface area contributed by atoms with Gasteiger partial charge in [-0.05, 0) is 39.2 Å². The van der Waals surface area contributed by atoms with Crippen LogP contribution < -0.4 is 0 Å². The van der Waals surface area contributed by atoms with Crippen LogP contribution in [0.5, 0.6) is 0 Å². The first-order valence-electron chi connectivity index (χ1n) is 6.17. The summed E-state index contributed by atoms with van der Waals surface area (Å²) in [5.74, 6) is 0. The maximum Gasteiger partial charge on any atom is 0.411 e. The minimum atomic E-state index is -0.746. The Morgan fingerprint density at radius 3 is 2.67 bits per heavy atom. The zero-order valence-corrected chi connectivity index (χ0v) is 11.5. The van der Waals surface area contributed by atoms with Crippen molar-refractivity contribution in [2.75, 3.05) is 13.2 Å². The molecule has 1 amide bonds. The van der Waals surface area contributed by atoms with Gasteiger partial charge in [-0.1, -0.05) is 12.7 Å². The number of ether oxygens (including phenoxy) is 1. The minimum absolute atomic E-state index is 0.156. The normalized spacial score (nSPS) is 24.2. The summed E-state index contributed by atoms with van der Waals surface area (Å²) in [5.41, 5.74) is -0.434. The van der Waals surface area contributed by atoms with Gasteiger partial charge in [0, 0.05) is 6.54 Å². The molecule has 0 aliphatic carbocycles. The fraction of sp³-hybridized carbons (Fsp3) is 0.643. The van der Waals surface area contributed by atoms with E-state index in [9.17, 15) is 9.90 Å². The van der Waals surface area contributed by atoms with E-state index in [-0.39, 0.29) is 6.61 Å². The number of likely N-dealkylation sites (tertiary alicyclic amines) is 1. The monoisotopic (exact) mass is 253 g/mol. The van der Waals surface area contributed by atoms with Gasteiger partial charge in [-0.25, -0.2) is 4.79 Å². The van der Waals surface area contributed by atoms with Crippen LogP contribution in [-0.2, 0) is 4.74 Å². The lowest BCUT2D eigenvalue weighted by atomic mass is 9.89. The molecule has 1 saturated heterocycles. The third-order valence-electron chi connectivity index (χ3n) is 3.17. The first-order chi connectivity index (χ1) is 8.27. The maximum atomic E-state index is 12.2. The Morgan fingerprint density at radius 2 is 2.22 bits per heavy atom. The molecule has 0 bridgehead atoms. The molecule has 1 heterocycles. The zero-order valence-electron chi connectivity index (χ0n) is 11.5. The molecule has 4 heteroatoms. The Morgan fingerprint density at radius 1 is 1.61 bits per heavy atom. The molecular formula is C14H23NO3. The van der Waals surface area contributed by atoms with E-state index in [0.29, 0.717) is 19.4 Å². The van der Waals surface area contributed by atoms with Crippen molar-refractivity contribution in [1.82, 2.24) is 4.90 Å². The summed E-state index contributed by atoms with van der Waals surface area (Å²) < 4.78 is 5.37. The second kappa shape index (κ2) is 5.14. The summed E-state index contributed by atoms with van der Waals surface area (Å²) in [6.45, 7) is 13.5. The van der Waals surface area contributed by atoms with E-state index in [4.69, 9.17) is 4.74 Å². The molecule has 1 rings (SSSR count). The molecule has 0 radical (unpaired) electrons. The molecule has 1 aliphatic rings. The first kappa shape index (κ1) is 14.8. The van der Waals surface area contributed by atoms with Crippen LogP contribution in [0.4, 0.5) is 4.79 Å². The first-order valence-corrected chi connectivity index (χ1v) is 6.17. The largest absolute Gasteiger partial charge is 0.444 e. The number of carbonyl (C=O) groups is 1. The summed E-state index contributed by atoms with van der Waals surface area (Å²) in [7, 11) is 0. The number of hydrogen-bond acceptors (Lipinski definition) is 3. The van der Waals surface area contributed by atoms with E-state index in [1.165, 1.54) is 0 Å². The Hall–Kier alpha value is -1.29. The van der Waals surface area contributed by atoms with E-state index in [0.717, 1.165) is 5.57 Å². The smallest absolute Gasteiger partial charge is 0.411 e. The Labute approximate surface area is 109 Å². The number of aliphatic hydroxyl groups is 1. The Kier molecular flexibility index (Phi) is 4.22. The lowest BCUT2D eigenvalue weighted by Gasteiger charge is -2.37. The lowest BCUT2D eigenvalue weighted by Crippen LogP contribution is -2.52. The van der Waals surface area contributed by atoms with Crippen LogP contribution in [0.25, 0.3) is 0 Å². The van der Waals surface area contributed by atoms with E-state index < -0.39 is 17.2 Å². The predicted octanol–water partition coefficient (Wildman–Crippen LogP) is 2.49. The average Bonchev–Trinajstić information content (AvgIpc) is 2.55. The molecule has 0 aromatic carbocycles. The molecule has 1 unspecified atom stereocenters. The zero-order chi connectivity index (χ0) is 14.0. The van der Waals surface area contributed by atoms with Gasteiger partial charge >= 0.3 is 6.09 Å². The van der Waals surface area contributed by atoms with Crippen molar-refractivity contribution in [1.29, 1.82) is 0 Å². The van der Waals surface area contributed by atoms with Crippen molar-refractivity contribution in [3.8, 4) is 0 Å². The van der Waals surface area contributed by atoms with Crippen molar-refractivity contribution >= 4 is 6.09 Å². The molecule has 1 atom stereocenters. The van der Waals surface area contributed by atoms with E-state index in [1.54, 1.807) is 11.0 Å². The molecule has 102 valence electrons. The van der Waals surface area contributed by atoms with Crippen LogP contribution >= 0.6 is 0 Å².